The van der Waals surface area contributed by atoms with Crippen LogP contribution >= 0.6 is 11.3 Å². The highest BCUT2D eigenvalue weighted by Crippen LogP contribution is 2.23. The monoisotopic (exact) mass is 291 g/mol. The molecule has 2 heterocycles. The Morgan fingerprint density at radius 3 is 2.80 bits per heavy atom. The average molecular weight is 291 g/mol. The van der Waals surface area contributed by atoms with Crippen molar-refractivity contribution in [1.29, 1.82) is 0 Å². The van der Waals surface area contributed by atoms with E-state index in [1.54, 1.807) is 17.4 Å². The number of nitrogens with zero attached hydrogens (tertiary/aromatic N) is 1. The lowest BCUT2D eigenvalue weighted by Crippen LogP contribution is -2.10. The van der Waals surface area contributed by atoms with Crippen molar-refractivity contribution in [3.63, 3.8) is 0 Å². The Kier molecular flexibility index (Phi) is 4.24. The van der Waals surface area contributed by atoms with Gasteiger partial charge in [0.1, 0.15) is 11.4 Å². The molecule has 0 amide bonds. The third-order valence-electron chi connectivity index (χ3n) is 2.96. The summed E-state index contributed by atoms with van der Waals surface area (Å²) in [4.78, 5) is 18.3. The second-order valence-corrected chi connectivity index (χ2v) is 5.80. The van der Waals surface area contributed by atoms with Gasteiger partial charge in [0.25, 0.3) is 0 Å². The first kappa shape index (κ1) is 14.3. The molecule has 2 aromatic rings. The molecule has 0 atom stereocenters. The number of carbonyl (C=O) groups excluding carboxylic acids is 1. The van der Waals surface area contributed by atoms with Crippen molar-refractivity contribution in [3.8, 4) is 0 Å². The number of rotatable bonds is 4. The molecular weight excluding hydrogens is 274 g/mol. The van der Waals surface area contributed by atoms with E-state index < -0.39 is 5.97 Å². The van der Waals surface area contributed by atoms with Gasteiger partial charge in [-0.15, -0.1) is 11.3 Å². The lowest BCUT2D eigenvalue weighted by molar-refractivity contribution is 0.0601. The molecule has 106 valence electrons. The molecule has 0 aliphatic carbocycles. The summed E-state index contributed by atoms with van der Waals surface area (Å²) >= 11 is 1.73. The van der Waals surface area contributed by atoms with Crippen molar-refractivity contribution in [2.24, 2.45) is 0 Å². The molecule has 0 aliphatic heterocycles. The van der Waals surface area contributed by atoms with Crippen LogP contribution in [0.4, 0.5) is 11.5 Å². The molecule has 0 saturated heterocycles. The summed E-state index contributed by atoms with van der Waals surface area (Å²) in [7, 11) is 1.33. The second kappa shape index (κ2) is 5.92. The van der Waals surface area contributed by atoms with Crippen molar-refractivity contribution in [1.82, 2.24) is 4.98 Å². The van der Waals surface area contributed by atoms with Crippen molar-refractivity contribution < 1.29 is 9.53 Å². The fraction of sp³-hybridized carbons (Fsp3) is 0.286. The predicted molar refractivity (Wildman–Crippen MR) is 81.1 cm³/mol. The molecule has 2 aromatic heterocycles. The van der Waals surface area contributed by atoms with Crippen molar-refractivity contribution in [3.05, 3.63) is 39.2 Å². The number of ether oxygens (including phenoxy) is 1. The first-order valence-corrected chi connectivity index (χ1v) is 6.96. The normalized spacial score (nSPS) is 10.3. The van der Waals surface area contributed by atoms with E-state index in [2.05, 4.69) is 30.2 Å². The van der Waals surface area contributed by atoms with Crippen LogP contribution in [-0.2, 0) is 11.3 Å². The number of hydrogen-bond acceptors (Lipinski definition) is 6. The summed E-state index contributed by atoms with van der Waals surface area (Å²) in [6.45, 7) is 4.78. The number of methoxy groups -OCH3 is 1. The van der Waals surface area contributed by atoms with Gasteiger partial charge in [-0.3, -0.25) is 0 Å². The fourth-order valence-corrected chi connectivity index (χ4v) is 2.79. The summed E-state index contributed by atoms with van der Waals surface area (Å²) in [5.74, 6) is 0.0283. The largest absolute Gasteiger partial charge is 0.465 e. The fourth-order valence-electron chi connectivity index (χ4n) is 1.80. The van der Waals surface area contributed by atoms with Crippen LogP contribution in [0.25, 0.3) is 0 Å². The number of aromatic nitrogens is 1. The van der Waals surface area contributed by atoms with Crippen LogP contribution in [0.15, 0.2) is 18.3 Å². The summed E-state index contributed by atoms with van der Waals surface area (Å²) in [5, 5.41) is 3.16. The molecule has 0 aromatic carbocycles. The summed E-state index contributed by atoms with van der Waals surface area (Å²) in [6, 6.07) is 3.69. The molecule has 0 unspecified atom stereocenters. The standard InChI is InChI=1S/C14H17N3O2S/c1-8-4-11(20-9(8)2)7-17-13-12(14(18)19-3)5-10(15)6-16-13/h4-6H,7,15H2,1-3H3,(H,16,17). The maximum absolute atomic E-state index is 11.7. The van der Waals surface area contributed by atoms with Gasteiger partial charge in [0, 0.05) is 9.75 Å². The quantitative estimate of drug-likeness (QED) is 0.847. The summed E-state index contributed by atoms with van der Waals surface area (Å²) < 4.78 is 4.74. The van der Waals surface area contributed by atoms with Gasteiger partial charge in [-0.1, -0.05) is 0 Å². The molecule has 20 heavy (non-hydrogen) atoms. The van der Waals surface area contributed by atoms with Gasteiger partial charge in [0.05, 0.1) is 25.5 Å². The molecule has 0 aliphatic rings. The van der Waals surface area contributed by atoms with Gasteiger partial charge in [0.15, 0.2) is 0 Å². The number of aryl methyl sites for hydroxylation is 2. The zero-order chi connectivity index (χ0) is 14.7. The smallest absolute Gasteiger partial charge is 0.341 e. The van der Waals surface area contributed by atoms with E-state index in [0.29, 0.717) is 23.6 Å². The van der Waals surface area contributed by atoms with Crippen LogP contribution in [0, 0.1) is 13.8 Å². The maximum atomic E-state index is 11.7. The first-order chi connectivity index (χ1) is 9.51. The summed E-state index contributed by atoms with van der Waals surface area (Å²) in [6.07, 6.45) is 1.51. The van der Waals surface area contributed by atoms with Gasteiger partial charge >= 0.3 is 5.97 Å². The van der Waals surface area contributed by atoms with E-state index in [0.717, 1.165) is 0 Å². The Morgan fingerprint density at radius 2 is 2.20 bits per heavy atom. The van der Waals surface area contributed by atoms with Gasteiger partial charge in [-0.2, -0.15) is 0 Å². The van der Waals surface area contributed by atoms with Crippen molar-refractivity contribution in [2.75, 3.05) is 18.2 Å². The van der Waals surface area contributed by atoms with E-state index in [1.807, 2.05) is 0 Å². The number of thiophene rings is 1. The van der Waals surface area contributed by atoms with Crippen LogP contribution < -0.4 is 11.1 Å². The maximum Gasteiger partial charge on any atom is 0.341 e. The van der Waals surface area contributed by atoms with Gasteiger partial charge in [-0.25, -0.2) is 9.78 Å². The minimum absolute atomic E-state index is 0.345. The third kappa shape index (κ3) is 3.08. The number of pyridine rings is 1. The first-order valence-electron chi connectivity index (χ1n) is 6.15. The van der Waals surface area contributed by atoms with E-state index in [4.69, 9.17) is 10.5 Å². The Morgan fingerprint density at radius 1 is 1.45 bits per heavy atom. The zero-order valence-electron chi connectivity index (χ0n) is 11.7. The number of nitrogens with two attached hydrogens (primary N) is 1. The van der Waals surface area contributed by atoms with Crippen LogP contribution in [0.3, 0.4) is 0 Å². The SMILES string of the molecule is COC(=O)c1cc(N)cnc1NCc1cc(C)c(C)s1. The van der Waals surface area contributed by atoms with Gasteiger partial charge in [-0.05, 0) is 31.5 Å². The highest BCUT2D eigenvalue weighted by molar-refractivity contribution is 7.12. The molecule has 5 nitrogen and oxygen atoms in total. The number of carbonyl (C=O) groups is 1. The topological polar surface area (TPSA) is 77.2 Å². The lowest BCUT2D eigenvalue weighted by atomic mass is 10.2. The Hall–Kier alpha value is -2.08. The molecule has 0 fully saturated rings. The average Bonchev–Trinajstić information content (AvgIpc) is 2.75. The van der Waals surface area contributed by atoms with Crippen LogP contribution in [0.5, 0.6) is 0 Å². The minimum atomic E-state index is -0.453. The zero-order valence-corrected chi connectivity index (χ0v) is 12.5. The second-order valence-electron chi connectivity index (χ2n) is 4.46. The molecule has 3 N–H and O–H groups in total. The Balaban J connectivity index is 2.18. The van der Waals surface area contributed by atoms with Crippen molar-refractivity contribution in [2.45, 2.75) is 20.4 Å². The number of nitrogens with one attached hydrogen (secondary N) is 1. The molecule has 0 bridgehead atoms. The van der Waals surface area contributed by atoms with E-state index >= 15 is 0 Å². The van der Waals surface area contributed by atoms with Crippen LogP contribution in [0.1, 0.15) is 25.7 Å². The number of anilines is 2. The molecule has 0 spiro atoms. The molecular formula is C14H17N3O2S. The van der Waals surface area contributed by atoms with Gasteiger partial charge < -0.3 is 15.8 Å². The summed E-state index contributed by atoms with van der Waals surface area (Å²) in [5.41, 5.74) is 7.70. The molecule has 0 radical (unpaired) electrons. The number of nitrogen functional groups attached to an aromatic ring is 1. The van der Waals surface area contributed by atoms with Crippen LogP contribution in [-0.4, -0.2) is 18.1 Å². The van der Waals surface area contributed by atoms with E-state index in [-0.39, 0.29) is 0 Å². The Bertz CT molecular complexity index is 618. The Labute approximate surface area is 121 Å². The highest BCUT2D eigenvalue weighted by Gasteiger charge is 2.14. The van der Waals surface area contributed by atoms with Gasteiger partial charge in [0.2, 0.25) is 0 Å². The highest BCUT2D eigenvalue weighted by atomic mass is 32.1. The molecule has 6 heteroatoms. The van der Waals surface area contributed by atoms with E-state index in [9.17, 15) is 4.79 Å². The minimum Gasteiger partial charge on any atom is -0.465 e. The third-order valence-corrected chi connectivity index (χ3v) is 4.11. The molecule has 2 rings (SSSR count). The lowest BCUT2D eigenvalue weighted by Gasteiger charge is -2.09. The van der Waals surface area contributed by atoms with E-state index in [1.165, 1.54) is 28.6 Å². The van der Waals surface area contributed by atoms with Crippen molar-refractivity contribution >= 4 is 28.8 Å². The number of hydrogen-bond donors (Lipinski definition) is 2. The van der Waals surface area contributed by atoms with Crippen LogP contribution in [0.2, 0.25) is 0 Å². The number of esters is 1. The molecule has 0 saturated carbocycles. The predicted octanol–water partition coefficient (Wildman–Crippen LogP) is 2.74.